The lowest BCUT2D eigenvalue weighted by Crippen LogP contribution is -2.26. The SMILES string of the molecule is COC(C)(C)Cc1c2nc(c(-c3cc4c(cc3-c3c5nc(c(CC(C)(C)OC)c6ccc(cc7ccc([nH]7)c(CC(C)(C)OC)c7nc3C=C7)[nH]6)C=C5)CCC4)c3nc(c(CC(C)(C)OC)c4ccc(cc5ccc1[nH]5)[nH]4)C=C3)C=C2. The first kappa shape index (κ1) is 53.9. The molecule has 6 aromatic heterocycles. The fourth-order valence-corrected chi connectivity index (χ4v) is 11.8. The van der Waals surface area contributed by atoms with Gasteiger partial charge >= 0.3 is 0 Å². The van der Waals surface area contributed by atoms with Crippen molar-refractivity contribution in [3.05, 3.63) is 152 Å². The van der Waals surface area contributed by atoms with Gasteiger partial charge in [0.1, 0.15) is 0 Å². The number of hydrogen-bond donors (Lipinski definition) is 4. The number of rotatable bonds is 14. The van der Waals surface area contributed by atoms with Gasteiger partial charge in [0.15, 0.2) is 0 Å². The second kappa shape index (κ2) is 20.7. The van der Waals surface area contributed by atoms with Crippen LogP contribution in [0.2, 0.25) is 0 Å². The molecular formula is C69H74N8O4. The number of fused-ring (bicyclic) bond motifs is 17. The number of nitrogens with one attached hydrogen (secondary N) is 4. The summed E-state index contributed by atoms with van der Waals surface area (Å²) in [6, 6.07) is 26.3. The van der Waals surface area contributed by atoms with Crippen molar-refractivity contribution in [1.82, 2.24) is 39.9 Å². The highest BCUT2D eigenvalue weighted by molar-refractivity contribution is 6.00. The first-order chi connectivity index (χ1) is 38.8. The van der Waals surface area contributed by atoms with E-state index in [9.17, 15) is 0 Å². The Balaban J connectivity index is 1.24. The number of hydrogen-bond acceptors (Lipinski definition) is 8. The van der Waals surface area contributed by atoms with E-state index in [0.717, 1.165) is 153 Å². The summed E-state index contributed by atoms with van der Waals surface area (Å²) in [5, 5.41) is 0. The Bertz CT molecular complexity index is 3680. The summed E-state index contributed by atoms with van der Waals surface area (Å²) in [5.41, 5.74) is 23.3. The molecule has 81 heavy (non-hydrogen) atoms. The van der Waals surface area contributed by atoms with Crippen molar-refractivity contribution >= 4 is 92.7 Å². The van der Waals surface area contributed by atoms with E-state index >= 15 is 0 Å². The molecule has 7 aromatic rings. The number of benzene rings is 1. The number of aromatic amines is 4. The summed E-state index contributed by atoms with van der Waals surface area (Å²) in [6.45, 7) is 17.0. The number of methoxy groups -OCH3 is 4. The summed E-state index contributed by atoms with van der Waals surface area (Å²) in [4.78, 5) is 37.8. The molecule has 4 N–H and O–H groups in total. The molecule has 5 aliphatic rings. The molecule has 16 bridgehead atoms. The summed E-state index contributed by atoms with van der Waals surface area (Å²) in [6.07, 6.45) is 22.8. The molecule has 0 saturated heterocycles. The van der Waals surface area contributed by atoms with Gasteiger partial charge in [-0.05, 0) is 206 Å². The van der Waals surface area contributed by atoms with Crippen LogP contribution in [0.5, 0.6) is 0 Å². The van der Waals surface area contributed by atoms with Gasteiger partial charge in [0.2, 0.25) is 0 Å². The zero-order chi connectivity index (χ0) is 56.6. The summed E-state index contributed by atoms with van der Waals surface area (Å²) in [7, 11) is 7.11. The average molecular weight is 1080 g/mol. The lowest BCUT2D eigenvalue weighted by atomic mass is 9.88. The second-order valence-electron chi connectivity index (χ2n) is 24.7. The first-order valence-electron chi connectivity index (χ1n) is 28.4. The molecule has 0 unspecified atom stereocenters. The highest BCUT2D eigenvalue weighted by Crippen LogP contribution is 2.45. The van der Waals surface area contributed by atoms with E-state index in [1.165, 1.54) is 11.1 Å². The normalized spacial score (nSPS) is 14.2. The number of aromatic nitrogens is 8. The smallest absolute Gasteiger partial charge is 0.0738 e. The lowest BCUT2D eigenvalue weighted by Gasteiger charge is -2.23. The van der Waals surface area contributed by atoms with Crippen LogP contribution in [0.25, 0.3) is 115 Å². The third-order valence-electron chi connectivity index (χ3n) is 17.0. The van der Waals surface area contributed by atoms with Crippen LogP contribution < -0.4 is 0 Å². The van der Waals surface area contributed by atoms with Gasteiger partial charge < -0.3 is 38.9 Å². The molecule has 1 aliphatic carbocycles. The maximum absolute atomic E-state index is 6.13. The molecule has 12 rings (SSSR count). The molecule has 1 aromatic carbocycles. The van der Waals surface area contributed by atoms with Gasteiger partial charge in [0.05, 0.1) is 68.0 Å². The number of aryl methyl sites for hydroxylation is 2. The van der Waals surface area contributed by atoms with Crippen LogP contribution in [0.15, 0.2) is 72.8 Å². The predicted molar refractivity (Wildman–Crippen MR) is 333 cm³/mol. The van der Waals surface area contributed by atoms with Crippen LogP contribution in [0.1, 0.15) is 141 Å². The van der Waals surface area contributed by atoms with Crippen LogP contribution in [-0.4, -0.2) is 90.7 Å². The number of nitrogens with zero attached hydrogens (tertiary/aromatic N) is 4. The Morgan fingerprint density at radius 2 is 0.593 bits per heavy atom. The fourth-order valence-electron chi connectivity index (χ4n) is 11.8. The van der Waals surface area contributed by atoms with E-state index in [4.69, 9.17) is 38.9 Å². The van der Waals surface area contributed by atoms with E-state index in [1.807, 2.05) is 0 Å². The molecule has 0 radical (unpaired) electrons. The zero-order valence-corrected chi connectivity index (χ0v) is 48.9. The molecule has 0 fully saturated rings. The van der Waals surface area contributed by atoms with E-state index in [0.29, 0.717) is 25.7 Å². The quantitative estimate of drug-likeness (QED) is 0.0840. The summed E-state index contributed by atoms with van der Waals surface area (Å²) < 4.78 is 24.5. The van der Waals surface area contributed by atoms with E-state index in [1.54, 1.807) is 28.4 Å². The third kappa shape index (κ3) is 10.7. The topological polar surface area (TPSA) is 152 Å². The van der Waals surface area contributed by atoms with E-state index in [2.05, 4.69) is 197 Å². The van der Waals surface area contributed by atoms with Crippen molar-refractivity contribution in [3.63, 3.8) is 0 Å². The van der Waals surface area contributed by atoms with Crippen molar-refractivity contribution in [2.45, 2.75) is 123 Å². The zero-order valence-electron chi connectivity index (χ0n) is 48.9. The van der Waals surface area contributed by atoms with E-state index < -0.39 is 22.4 Å². The van der Waals surface area contributed by atoms with Crippen molar-refractivity contribution in [3.8, 4) is 22.3 Å². The monoisotopic (exact) mass is 1080 g/mol. The molecule has 0 atom stereocenters. The highest BCUT2D eigenvalue weighted by atomic mass is 16.5. The van der Waals surface area contributed by atoms with Gasteiger partial charge in [-0.1, -0.05) is 12.1 Å². The molecule has 10 heterocycles. The Hall–Kier alpha value is -7.74. The molecule has 12 nitrogen and oxygen atoms in total. The summed E-state index contributed by atoms with van der Waals surface area (Å²) in [5.74, 6) is 0. The number of H-pyrrole nitrogens is 4. The second-order valence-corrected chi connectivity index (χ2v) is 24.7. The standard InChI is InChI=1S/C69H74N8O4/c1-66(2,78-9)36-48-52-20-16-42(70-52)34-43-17-21-53(71-43)49(37-67(3,4)79-10)57-25-29-61(75-57)64(60-28-24-56(48)74-60)46-32-40-14-13-15-41(40)33-47(46)65-62-30-26-58(76-62)50(38-68(5,6)80-11)54-22-18-44(72-54)35-45-19-23-55(73-45)51(39-69(7,8)81-12)59-27-31-63(65)77-59/h16-35,70-73H,13-15,36-39H2,1-12H3. The average Bonchev–Trinajstić information content (AvgIpc) is 4.47. The first-order valence-corrected chi connectivity index (χ1v) is 28.4. The molecule has 0 saturated carbocycles. The van der Waals surface area contributed by atoms with Gasteiger partial charge in [-0.15, -0.1) is 0 Å². The Morgan fingerprint density at radius 1 is 0.346 bits per heavy atom. The molecule has 4 aliphatic heterocycles. The lowest BCUT2D eigenvalue weighted by molar-refractivity contribution is 0.0230. The molecule has 0 amide bonds. The third-order valence-corrected chi connectivity index (χ3v) is 17.0. The van der Waals surface area contributed by atoms with Gasteiger partial charge in [0, 0.05) is 132 Å². The number of ether oxygens (including phenoxy) is 4. The largest absolute Gasteiger partial charge is 0.378 e. The highest BCUT2D eigenvalue weighted by Gasteiger charge is 2.30. The minimum Gasteiger partial charge on any atom is -0.378 e. The maximum atomic E-state index is 6.13. The van der Waals surface area contributed by atoms with Gasteiger partial charge in [-0.3, -0.25) is 0 Å². The molecular weight excluding hydrogens is 1000 g/mol. The van der Waals surface area contributed by atoms with Gasteiger partial charge in [0.25, 0.3) is 0 Å². The Kier molecular flexibility index (Phi) is 13.7. The van der Waals surface area contributed by atoms with Crippen molar-refractivity contribution in [1.29, 1.82) is 0 Å². The van der Waals surface area contributed by atoms with Gasteiger partial charge in [-0.25, -0.2) is 19.9 Å². The van der Waals surface area contributed by atoms with Crippen molar-refractivity contribution < 1.29 is 18.9 Å². The minimum absolute atomic E-state index is 0.488. The molecule has 12 heteroatoms. The van der Waals surface area contributed by atoms with Gasteiger partial charge in [-0.2, -0.15) is 0 Å². The minimum atomic E-state index is -0.488. The van der Waals surface area contributed by atoms with Crippen molar-refractivity contribution in [2.75, 3.05) is 28.4 Å². The maximum Gasteiger partial charge on any atom is 0.0738 e. The molecule has 414 valence electrons. The Labute approximate surface area is 474 Å². The van der Waals surface area contributed by atoms with Crippen LogP contribution in [0, 0.1) is 0 Å². The summed E-state index contributed by atoms with van der Waals surface area (Å²) >= 11 is 0. The van der Waals surface area contributed by atoms with Crippen LogP contribution >= 0.6 is 0 Å². The van der Waals surface area contributed by atoms with Crippen LogP contribution in [-0.2, 0) is 57.5 Å². The van der Waals surface area contributed by atoms with Crippen molar-refractivity contribution in [2.24, 2.45) is 0 Å². The van der Waals surface area contributed by atoms with Crippen LogP contribution in [0.4, 0.5) is 0 Å². The fraction of sp³-hybridized carbons (Fsp3) is 0.333. The molecule has 0 spiro atoms. The van der Waals surface area contributed by atoms with E-state index in [-0.39, 0.29) is 0 Å². The Morgan fingerprint density at radius 3 is 0.840 bits per heavy atom. The predicted octanol–water partition coefficient (Wildman–Crippen LogP) is 15.3. The van der Waals surface area contributed by atoms with Crippen LogP contribution in [0.3, 0.4) is 0 Å².